The summed E-state index contributed by atoms with van der Waals surface area (Å²) in [4.78, 5) is 14.8. The number of aliphatic hydroxyl groups excluding tert-OH is 1. The van der Waals surface area contributed by atoms with Crippen LogP contribution in [-0.4, -0.2) is 35.0 Å². The van der Waals surface area contributed by atoms with Gasteiger partial charge in [-0.05, 0) is 72.2 Å². The molecule has 0 bridgehead atoms. The molecule has 3 aromatic rings. The van der Waals surface area contributed by atoms with E-state index >= 15 is 0 Å². The number of aryl methyl sites for hydroxylation is 1. The smallest absolute Gasteiger partial charge is 0.175 e. The SMILES string of the molecule is CC(C)(C)C(=O)COc1ccc2c(c1)C[C@@H](N(Cc1ccccc1)C[C@H](O)c1cccc(Cl)c1)CCC2. The standard InChI is InChI=1S/C32H38ClNO3/c1-32(2,3)31(36)22-37-29-16-15-24-11-8-14-28(18-26(24)19-29)34(20-23-9-5-4-6-10-23)21-30(35)25-12-7-13-27(33)17-25/h4-7,9-10,12-13,15-17,19,28,30,35H,8,11,14,18,20-22H2,1-3H3/t28-,30-/m0/s1. The van der Waals surface area contributed by atoms with Gasteiger partial charge in [0.25, 0.3) is 0 Å². The van der Waals surface area contributed by atoms with Crippen LogP contribution in [0, 0.1) is 5.41 Å². The van der Waals surface area contributed by atoms with Crippen LogP contribution in [0.15, 0.2) is 72.8 Å². The Labute approximate surface area is 226 Å². The average Bonchev–Trinajstić information content (AvgIpc) is 3.09. The van der Waals surface area contributed by atoms with Crippen molar-refractivity contribution in [3.63, 3.8) is 0 Å². The number of hydrogen-bond acceptors (Lipinski definition) is 4. The molecular formula is C32H38ClNO3. The van der Waals surface area contributed by atoms with Gasteiger partial charge < -0.3 is 9.84 Å². The largest absolute Gasteiger partial charge is 0.486 e. The Morgan fingerprint density at radius 2 is 1.84 bits per heavy atom. The number of rotatable bonds is 9. The van der Waals surface area contributed by atoms with Crippen LogP contribution in [-0.2, 0) is 24.2 Å². The maximum absolute atomic E-state index is 12.4. The second-order valence-electron chi connectivity index (χ2n) is 11.1. The lowest BCUT2D eigenvalue weighted by atomic mass is 9.91. The molecule has 37 heavy (non-hydrogen) atoms. The highest BCUT2D eigenvalue weighted by Crippen LogP contribution is 2.30. The lowest BCUT2D eigenvalue weighted by Gasteiger charge is -2.33. The van der Waals surface area contributed by atoms with Gasteiger partial charge in [-0.15, -0.1) is 0 Å². The van der Waals surface area contributed by atoms with Crippen LogP contribution in [0.2, 0.25) is 5.02 Å². The Balaban J connectivity index is 1.54. The number of fused-ring (bicyclic) bond motifs is 1. The number of aliphatic hydroxyl groups is 1. The Kier molecular flexibility index (Phi) is 9.07. The van der Waals surface area contributed by atoms with E-state index in [2.05, 4.69) is 41.3 Å². The lowest BCUT2D eigenvalue weighted by Crippen LogP contribution is -2.39. The summed E-state index contributed by atoms with van der Waals surface area (Å²) in [6.07, 6.45) is 3.38. The first-order valence-electron chi connectivity index (χ1n) is 13.2. The van der Waals surface area contributed by atoms with Gasteiger partial charge in [0.2, 0.25) is 0 Å². The summed E-state index contributed by atoms with van der Waals surface area (Å²) in [5.74, 6) is 0.829. The minimum Gasteiger partial charge on any atom is -0.486 e. The van der Waals surface area contributed by atoms with Crippen molar-refractivity contribution < 1.29 is 14.6 Å². The summed E-state index contributed by atoms with van der Waals surface area (Å²) in [6, 6.07) is 24.4. The molecule has 0 amide bonds. The number of Topliss-reactive ketones (excluding diaryl/α,β-unsaturated/α-hetero) is 1. The molecule has 0 aromatic heterocycles. The number of halogens is 1. The minimum atomic E-state index is -0.636. The number of carbonyl (C=O) groups excluding carboxylic acids is 1. The van der Waals surface area contributed by atoms with E-state index in [0.29, 0.717) is 11.6 Å². The quantitative estimate of drug-likeness (QED) is 0.315. The number of carbonyl (C=O) groups is 1. The Morgan fingerprint density at radius 3 is 2.57 bits per heavy atom. The summed E-state index contributed by atoms with van der Waals surface area (Å²) in [7, 11) is 0. The summed E-state index contributed by atoms with van der Waals surface area (Å²) in [5, 5.41) is 11.8. The van der Waals surface area contributed by atoms with E-state index in [9.17, 15) is 9.90 Å². The molecule has 0 fully saturated rings. The monoisotopic (exact) mass is 519 g/mol. The molecule has 4 nitrogen and oxygen atoms in total. The van der Waals surface area contributed by atoms with Gasteiger partial charge in [0, 0.05) is 29.6 Å². The number of ether oxygens (including phenoxy) is 1. The molecule has 0 saturated heterocycles. The van der Waals surface area contributed by atoms with E-state index in [4.69, 9.17) is 16.3 Å². The predicted octanol–water partition coefficient (Wildman–Crippen LogP) is 6.82. The Bertz CT molecular complexity index is 1190. The summed E-state index contributed by atoms with van der Waals surface area (Å²) >= 11 is 6.21. The third-order valence-electron chi connectivity index (χ3n) is 7.21. The molecule has 0 radical (unpaired) electrons. The molecule has 3 aromatic carbocycles. The molecule has 1 N–H and O–H groups in total. The molecule has 4 rings (SSSR count). The van der Waals surface area contributed by atoms with E-state index < -0.39 is 11.5 Å². The van der Waals surface area contributed by atoms with Crippen molar-refractivity contribution in [2.45, 2.75) is 65.1 Å². The molecular weight excluding hydrogens is 482 g/mol. The zero-order valence-electron chi connectivity index (χ0n) is 22.1. The number of hydrogen-bond donors (Lipinski definition) is 1. The number of nitrogens with zero attached hydrogens (tertiary/aromatic N) is 1. The molecule has 0 heterocycles. The molecule has 0 spiro atoms. The van der Waals surface area contributed by atoms with Gasteiger partial charge in [0.05, 0.1) is 6.10 Å². The topological polar surface area (TPSA) is 49.8 Å². The molecule has 5 heteroatoms. The van der Waals surface area contributed by atoms with Crippen molar-refractivity contribution in [2.24, 2.45) is 5.41 Å². The van der Waals surface area contributed by atoms with Crippen LogP contribution >= 0.6 is 11.6 Å². The normalized spacial score (nSPS) is 16.6. The van der Waals surface area contributed by atoms with Crippen molar-refractivity contribution in [3.05, 3.63) is 100 Å². The van der Waals surface area contributed by atoms with Gasteiger partial charge in [0.15, 0.2) is 5.78 Å². The van der Waals surface area contributed by atoms with E-state index in [-0.39, 0.29) is 18.4 Å². The van der Waals surface area contributed by atoms with Crippen molar-refractivity contribution >= 4 is 17.4 Å². The maximum atomic E-state index is 12.4. The fourth-order valence-electron chi connectivity index (χ4n) is 4.89. The van der Waals surface area contributed by atoms with Gasteiger partial charge in [-0.1, -0.05) is 80.9 Å². The highest BCUT2D eigenvalue weighted by Gasteiger charge is 2.26. The zero-order chi connectivity index (χ0) is 26.4. The molecule has 1 aliphatic carbocycles. The van der Waals surface area contributed by atoms with Crippen LogP contribution in [0.25, 0.3) is 0 Å². The fraction of sp³-hybridized carbons (Fsp3) is 0.406. The first kappa shape index (κ1) is 27.4. The summed E-state index contributed by atoms with van der Waals surface area (Å²) in [5.41, 5.74) is 4.24. The average molecular weight is 520 g/mol. The number of ketones is 1. The molecule has 0 saturated carbocycles. The molecule has 2 atom stereocenters. The molecule has 0 unspecified atom stereocenters. The molecule has 196 valence electrons. The van der Waals surface area contributed by atoms with Crippen LogP contribution < -0.4 is 4.74 Å². The van der Waals surface area contributed by atoms with Crippen molar-refractivity contribution in [3.8, 4) is 5.75 Å². The van der Waals surface area contributed by atoms with Crippen LogP contribution in [0.3, 0.4) is 0 Å². The zero-order valence-corrected chi connectivity index (χ0v) is 22.9. The van der Waals surface area contributed by atoms with Crippen molar-refractivity contribution in [1.29, 1.82) is 0 Å². The highest BCUT2D eigenvalue weighted by atomic mass is 35.5. The number of benzene rings is 3. The summed E-state index contributed by atoms with van der Waals surface area (Å²) in [6.45, 7) is 7.11. The highest BCUT2D eigenvalue weighted by molar-refractivity contribution is 6.30. The summed E-state index contributed by atoms with van der Waals surface area (Å²) < 4.78 is 5.91. The van der Waals surface area contributed by atoms with Crippen LogP contribution in [0.1, 0.15) is 62.0 Å². The fourth-order valence-corrected chi connectivity index (χ4v) is 5.09. The van der Waals surface area contributed by atoms with Gasteiger partial charge in [-0.2, -0.15) is 0 Å². The Morgan fingerprint density at radius 1 is 1.05 bits per heavy atom. The minimum absolute atomic E-state index is 0.0810. The first-order valence-corrected chi connectivity index (χ1v) is 13.6. The Hall–Kier alpha value is -2.66. The molecule has 0 aliphatic heterocycles. The second-order valence-corrected chi connectivity index (χ2v) is 11.6. The van der Waals surface area contributed by atoms with Crippen molar-refractivity contribution in [2.75, 3.05) is 13.2 Å². The maximum Gasteiger partial charge on any atom is 0.175 e. The third kappa shape index (κ3) is 7.67. The van der Waals surface area contributed by atoms with E-state index in [1.165, 1.54) is 16.7 Å². The lowest BCUT2D eigenvalue weighted by molar-refractivity contribution is -0.128. The van der Waals surface area contributed by atoms with Gasteiger partial charge in [-0.25, -0.2) is 0 Å². The van der Waals surface area contributed by atoms with Crippen LogP contribution in [0.4, 0.5) is 0 Å². The van der Waals surface area contributed by atoms with Crippen molar-refractivity contribution in [1.82, 2.24) is 4.90 Å². The van der Waals surface area contributed by atoms with E-state index in [1.807, 2.05) is 57.2 Å². The predicted molar refractivity (Wildman–Crippen MR) is 150 cm³/mol. The van der Waals surface area contributed by atoms with Crippen LogP contribution in [0.5, 0.6) is 5.75 Å². The van der Waals surface area contributed by atoms with E-state index in [1.54, 1.807) is 0 Å². The molecule has 1 aliphatic rings. The van der Waals surface area contributed by atoms with Gasteiger partial charge in [0.1, 0.15) is 12.4 Å². The third-order valence-corrected chi connectivity index (χ3v) is 7.44. The van der Waals surface area contributed by atoms with Gasteiger partial charge in [-0.3, -0.25) is 9.69 Å². The van der Waals surface area contributed by atoms with Gasteiger partial charge >= 0.3 is 0 Å². The van der Waals surface area contributed by atoms with E-state index in [0.717, 1.165) is 43.5 Å². The second kappa shape index (κ2) is 12.3. The first-order chi connectivity index (χ1) is 17.7.